The van der Waals surface area contributed by atoms with Gasteiger partial charge in [0.2, 0.25) is 0 Å². The fourth-order valence-corrected chi connectivity index (χ4v) is 1.29. The smallest absolute Gasteiger partial charge is 0.337 e. The van der Waals surface area contributed by atoms with E-state index in [1.807, 2.05) is 6.92 Å². The molecular weight excluding hydrogens is 196 g/mol. The SMILES string of the molecule is CCCc1[nH]c(=O)c(C#N)cc1C(=O)O. The van der Waals surface area contributed by atoms with E-state index in [2.05, 4.69) is 4.98 Å². The molecule has 0 bridgehead atoms. The number of nitrogens with one attached hydrogen (secondary N) is 1. The van der Waals surface area contributed by atoms with Crippen LogP contribution < -0.4 is 5.56 Å². The molecular formula is C10H10N2O3. The van der Waals surface area contributed by atoms with E-state index in [1.54, 1.807) is 6.07 Å². The number of carboxylic acid groups (broad SMARTS) is 1. The van der Waals surface area contributed by atoms with E-state index in [9.17, 15) is 9.59 Å². The van der Waals surface area contributed by atoms with Crippen LogP contribution in [0.3, 0.4) is 0 Å². The number of hydrogen-bond donors (Lipinski definition) is 2. The van der Waals surface area contributed by atoms with Crippen LogP contribution in [0.4, 0.5) is 0 Å². The van der Waals surface area contributed by atoms with E-state index >= 15 is 0 Å². The summed E-state index contributed by atoms with van der Waals surface area (Å²) in [5.74, 6) is -1.13. The molecule has 1 heterocycles. The molecule has 78 valence electrons. The van der Waals surface area contributed by atoms with Crippen molar-refractivity contribution in [2.45, 2.75) is 19.8 Å². The second-order valence-electron chi connectivity index (χ2n) is 3.07. The summed E-state index contributed by atoms with van der Waals surface area (Å²) in [6.07, 6.45) is 1.20. The zero-order chi connectivity index (χ0) is 11.4. The molecule has 1 aromatic heterocycles. The van der Waals surface area contributed by atoms with Gasteiger partial charge in [-0.05, 0) is 12.5 Å². The maximum atomic E-state index is 11.2. The topological polar surface area (TPSA) is 94.0 Å². The summed E-state index contributed by atoms with van der Waals surface area (Å²) < 4.78 is 0. The minimum atomic E-state index is -1.13. The number of carboxylic acids is 1. The van der Waals surface area contributed by atoms with Crippen LogP contribution in [-0.2, 0) is 6.42 Å². The molecule has 0 radical (unpaired) electrons. The second-order valence-corrected chi connectivity index (χ2v) is 3.07. The summed E-state index contributed by atoms with van der Waals surface area (Å²) in [6, 6.07) is 2.77. The number of H-pyrrole nitrogens is 1. The largest absolute Gasteiger partial charge is 0.478 e. The summed E-state index contributed by atoms with van der Waals surface area (Å²) in [6.45, 7) is 1.88. The molecule has 0 aliphatic rings. The molecule has 0 aliphatic heterocycles. The number of aromatic amines is 1. The van der Waals surface area contributed by atoms with Crippen LogP contribution in [0.15, 0.2) is 10.9 Å². The van der Waals surface area contributed by atoms with Crippen LogP contribution in [0.1, 0.15) is 35.0 Å². The Morgan fingerprint density at radius 3 is 2.80 bits per heavy atom. The molecule has 0 saturated heterocycles. The first-order valence-corrected chi connectivity index (χ1v) is 4.49. The number of nitriles is 1. The summed E-state index contributed by atoms with van der Waals surface area (Å²) in [4.78, 5) is 24.5. The molecule has 1 aromatic rings. The van der Waals surface area contributed by atoms with Gasteiger partial charge in [-0.3, -0.25) is 4.79 Å². The molecule has 0 atom stereocenters. The van der Waals surface area contributed by atoms with Gasteiger partial charge in [0, 0.05) is 5.69 Å². The van der Waals surface area contributed by atoms with Gasteiger partial charge in [-0.2, -0.15) is 5.26 Å². The van der Waals surface area contributed by atoms with E-state index in [0.29, 0.717) is 12.1 Å². The number of pyridine rings is 1. The Morgan fingerprint density at radius 1 is 1.67 bits per heavy atom. The van der Waals surface area contributed by atoms with Gasteiger partial charge in [-0.15, -0.1) is 0 Å². The number of nitrogens with zero attached hydrogens (tertiary/aromatic N) is 1. The van der Waals surface area contributed by atoms with E-state index < -0.39 is 11.5 Å². The molecule has 0 spiro atoms. The predicted molar refractivity (Wildman–Crippen MR) is 52.7 cm³/mol. The van der Waals surface area contributed by atoms with Crippen molar-refractivity contribution >= 4 is 5.97 Å². The first-order chi connectivity index (χ1) is 7.10. The second kappa shape index (κ2) is 4.42. The maximum Gasteiger partial charge on any atom is 0.337 e. The Labute approximate surface area is 86.0 Å². The lowest BCUT2D eigenvalue weighted by Gasteiger charge is -2.04. The number of hydrogen-bond acceptors (Lipinski definition) is 3. The molecule has 0 unspecified atom stereocenters. The summed E-state index contributed by atoms with van der Waals surface area (Å²) in [7, 11) is 0. The third-order valence-electron chi connectivity index (χ3n) is 1.97. The Balaban J connectivity index is 3.40. The summed E-state index contributed by atoms with van der Waals surface area (Å²) >= 11 is 0. The van der Waals surface area contributed by atoms with Crippen molar-refractivity contribution in [1.82, 2.24) is 4.98 Å². The first-order valence-electron chi connectivity index (χ1n) is 4.49. The molecule has 0 aromatic carbocycles. The van der Waals surface area contributed by atoms with Crippen LogP contribution >= 0.6 is 0 Å². The third kappa shape index (κ3) is 2.23. The van der Waals surface area contributed by atoms with Gasteiger partial charge < -0.3 is 10.1 Å². The predicted octanol–water partition coefficient (Wildman–Crippen LogP) is 0.897. The van der Waals surface area contributed by atoms with Gasteiger partial charge in [0.25, 0.3) is 5.56 Å². The van der Waals surface area contributed by atoms with E-state index in [4.69, 9.17) is 10.4 Å². The van der Waals surface area contributed by atoms with Gasteiger partial charge in [0.1, 0.15) is 11.6 Å². The van der Waals surface area contributed by atoms with Gasteiger partial charge in [-0.25, -0.2) is 4.79 Å². The van der Waals surface area contributed by atoms with Crippen LogP contribution in [-0.4, -0.2) is 16.1 Å². The molecule has 0 fully saturated rings. The monoisotopic (exact) mass is 206 g/mol. The van der Waals surface area contributed by atoms with Crippen molar-refractivity contribution < 1.29 is 9.90 Å². The molecule has 0 amide bonds. The fourth-order valence-electron chi connectivity index (χ4n) is 1.29. The number of aromatic carboxylic acids is 1. The van der Waals surface area contributed by atoms with Gasteiger partial charge in [0.05, 0.1) is 5.56 Å². The number of rotatable bonds is 3. The zero-order valence-corrected chi connectivity index (χ0v) is 8.20. The highest BCUT2D eigenvalue weighted by molar-refractivity contribution is 5.89. The average molecular weight is 206 g/mol. The Bertz CT molecular complexity index is 482. The van der Waals surface area contributed by atoms with Crippen LogP contribution in [0.2, 0.25) is 0 Å². The number of aryl methyl sites for hydroxylation is 1. The van der Waals surface area contributed by atoms with Gasteiger partial charge in [0.15, 0.2) is 0 Å². The van der Waals surface area contributed by atoms with Crippen molar-refractivity contribution in [3.8, 4) is 6.07 Å². The van der Waals surface area contributed by atoms with E-state index in [1.165, 1.54) is 0 Å². The molecule has 0 saturated carbocycles. The standard InChI is InChI=1S/C10H10N2O3/c1-2-3-8-7(10(14)15)4-6(5-11)9(13)12-8/h4H,2-3H2,1H3,(H,12,13)(H,14,15). The normalized spacial score (nSPS) is 9.60. The van der Waals surface area contributed by atoms with Crippen molar-refractivity contribution in [3.63, 3.8) is 0 Å². The fraction of sp³-hybridized carbons (Fsp3) is 0.300. The average Bonchev–Trinajstić information content (AvgIpc) is 2.18. The highest BCUT2D eigenvalue weighted by Crippen LogP contribution is 2.08. The number of carbonyl (C=O) groups is 1. The molecule has 1 rings (SSSR count). The lowest BCUT2D eigenvalue weighted by atomic mass is 10.1. The highest BCUT2D eigenvalue weighted by Gasteiger charge is 2.13. The zero-order valence-electron chi connectivity index (χ0n) is 8.20. The van der Waals surface area contributed by atoms with E-state index in [-0.39, 0.29) is 11.1 Å². The lowest BCUT2D eigenvalue weighted by Crippen LogP contribution is -2.17. The quantitative estimate of drug-likeness (QED) is 0.768. The lowest BCUT2D eigenvalue weighted by molar-refractivity contribution is 0.0695. The third-order valence-corrected chi connectivity index (χ3v) is 1.97. The number of aromatic nitrogens is 1. The molecule has 5 nitrogen and oxygen atoms in total. The van der Waals surface area contributed by atoms with Crippen molar-refractivity contribution in [2.24, 2.45) is 0 Å². The van der Waals surface area contributed by atoms with E-state index in [0.717, 1.165) is 12.5 Å². The maximum absolute atomic E-state index is 11.2. The van der Waals surface area contributed by atoms with Crippen LogP contribution in [0.25, 0.3) is 0 Å². The van der Waals surface area contributed by atoms with Gasteiger partial charge >= 0.3 is 5.97 Å². The first kappa shape index (κ1) is 11.0. The molecule has 0 aliphatic carbocycles. The van der Waals surface area contributed by atoms with Crippen molar-refractivity contribution in [2.75, 3.05) is 0 Å². The van der Waals surface area contributed by atoms with Crippen LogP contribution in [0.5, 0.6) is 0 Å². The van der Waals surface area contributed by atoms with Gasteiger partial charge in [-0.1, -0.05) is 13.3 Å². The molecule has 15 heavy (non-hydrogen) atoms. The summed E-state index contributed by atoms with van der Waals surface area (Å²) in [5.41, 5.74) is -0.347. The van der Waals surface area contributed by atoms with Crippen molar-refractivity contribution in [1.29, 1.82) is 5.26 Å². The molecule has 5 heteroatoms. The highest BCUT2D eigenvalue weighted by atomic mass is 16.4. The Morgan fingerprint density at radius 2 is 2.33 bits per heavy atom. The Kier molecular flexibility index (Phi) is 3.24. The Hall–Kier alpha value is -2.09. The summed E-state index contributed by atoms with van der Waals surface area (Å²) in [5, 5.41) is 17.5. The minimum Gasteiger partial charge on any atom is -0.478 e. The minimum absolute atomic E-state index is 0.00648. The van der Waals surface area contributed by atoms with Crippen molar-refractivity contribution in [3.05, 3.63) is 33.2 Å². The molecule has 2 N–H and O–H groups in total. The van der Waals surface area contributed by atoms with Crippen LogP contribution in [0, 0.1) is 11.3 Å².